The molecule has 0 saturated heterocycles. The maximum absolute atomic E-state index is 11.7. The summed E-state index contributed by atoms with van der Waals surface area (Å²) in [4.78, 5) is 13.8. The van der Waals surface area contributed by atoms with Gasteiger partial charge in [0.2, 0.25) is 5.91 Å². The van der Waals surface area contributed by atoms with Crippen molar-refractivity contribution >= 4 is 11.6 Å². The number of amides is 1. The molecule has 0 atom stereocenters. The lowest BCUT2D eigenvalue weighted by molar-refractivity contribution is -0.116. The van der Waals surface area contributed by atoms with E-state index in [0.717, 1.165) is 24.4 Å². The zero-order chi connectivity index (χ0) is 15.0. The van der Waals surface area contributed by atoms with Gasteiger partial charge in [-0.25, -0.2) is 0 Å². The first kappa shape index (κ1) is 16.5. The van der Waals surface area contributed by atoms with E-state index in [1.807, 2.05) is 38.4 Å². The Hall–Kier alpha value is -1.55. The van der Waals surface area contributed by atoms with Crippen molar-refractivity contribution in [1.82, 2.24) is 4.90 Å². The van der Waals surface area contributed by atoms with Crippen molar-refractivity contribution in [3.63, 3.8) is 0 Å². The van der Waals surface area contributed by atoms with Crippen molar-refractivity contribution in [2.24, 2.45) is 5.92 Å². The monoisotopic (exact) mass is 278 g/mol. The summed E-state index contributed by atoms with van der Waals surface area (Å²) in [6.07, 6.45) is 1.48. The van der Waals surface area contributed by atoms with E-state index in [2.05, 4.69) is 24.1 Å². The van der Waals surface area contributed by atoms with Gasteiger partial charge in [0, 0.05) is 18.7 Å². The van der Waals surface area contributed by atoms with Crippen LogP contribution in [0.15, 0.2) is 24.3 Å². The molecular weight excluding hydrogens is 252 g/mol. The molecule has 112 valence electrons. The number of likely N-dealkylation sites (N-methyl/N-ethyl adjacent to an activating group) is 1. The molecule has 20 heavy (non-hydrogen) atoms. The van der Waals surface area contributed by atoms with Crippen LogP contribution < -0.4 is 10.1 Å². The Labute approximate surface area is 122 Å². The molecule has 1 aromatic rings. The minimum absolute atomic E-state index is 0.0694. The van der Waals surface area contributed by atoms with E-state index in [1.165, 1.54) is 0 Å². The van der Waals surface area contributed by atoms with E-state index < -0.39 is 0 Å². The third-order valence-electron chi connectivity index (χ3n) is 2.89. The zero-order valence-corrected chi connectivity index (χ0v) is 13.0. The Kier molecular flexibility index (Phi) is 7.09. The molecule has 0 fully saturated rings. The SMILES string of the molecule is CC(C)CCC(=O)Nc1ccc(OCCN(C)C)cc1. The number of benzene rings is 1. The highest BCUT2D eigenvalue weighted by molar-refractivity contribution is 5.90. The molecule has 0 aliphatic carbocycles. The van der Waals surface area contributed by atoms with Gasteiger partial charge in [-0.05, 0) is 50.7 Å². The van der Waals surface area contributed by atoms with Crippen LogP contribution in [0.5, 0.6) is 5.75 Å². The van der Waals surface area contributed by atoms with Gasteiger partial charge in [-0.3, -0.25) is 4.79 Å². The topological polar surface area (TPSA) is 41.6 Å². The summed E-state index contributed by atoms with van der Waals surface area (Å²) < 4.78 is 5.60. The Morgan fingerprint density at radius 3 is 2.45 bits per heavy atom. The van der Waals surface area contributed by atoms with Crippen LogP contribution in [0.4, 0.5) is 5.69 Å². The highest BCUT2D eigenvalue weighted by Crippen LogP contribution is 2.16. The third kappa shape index (κ3) is 7.14. The molecular formula is C16H26N2O2. The van der Waals surface area contributed by atoms with Gasteiger partial charge >= 0.3 is 0 Å². The standard InChI is InChI=1S/C16H26N2O2/c1-13(2)5-10-16(19)17-14-6-8-15(9-7-14)20-12-11-18(3)4/h6-9,13H,5,10-12H2,1-4H3,(H,17,19). The van der Waals surface area contributed by atoms with E-state index in [9.17, 15) is 4.79 Å². The van der Waals surface area contributed by atoms with Gasteiger partial charge in [0.1, 0.15) is 12.4 Å². The molecule has 0 saturated carbocycles. The minimum atomic E-state index is 0.0694. The maximum Gasteiger partial charge on any atom is 0.224 e. The van der Waals surface area contributed by atoms with Crippen LogP contribution in [0.1, 0.15) is 26.7 Å². The van der Waals surface area contributed by atoms with Crippen LogP contribution in [-0.2, 0) is 4.79 Å². The molecule has 4 nitrogen and oxygen atoms in total. The molecule has 0 heterocycles. The van der Waals surface area contributed by atoms with Crippen LogP contribution in [0.25, 0.3) is 0 Å². The summed E-state index contributed by atoms with van der Waals surface area (Å²) in [5.41, 5.74) is 0.818. The lowest BCUT2D eigenvalue weighted by Gasteiger charge is -2.11. The van der Waals surface area contributed by atoms with Gasteiger partial charge in [0.05, 0.1) is 0 Å². The van der Waals surface area contributed by atoms with Gasteiger partial charge in [0.15, 0.2) is 0 Å². The summed E-state index contributed by atoms with van der Waals surface area (Å²) in [6.45, 7) is 5.78. The van der Waals surface area contributed by atoms with E-state index in [4.69, 9.17) is 4.74 Å². The number of ether oxygens (including phenoxy) is 1. The smallest absolute Gasteiger partial charge is 0.224 e. The molecule has 0 spiro atoms. The van der Waals surface area contributed by atoms with Crippen molar-refractivity contribution in [3.8, 4) is 5.75 Å². The Morgan fingerprint density at radius 1 is 1.25 bits per heavy atom. The predicted molar refractivity (Wildman–Crippen MR) is 83.2 cm³/mol. The summed E-state index contributed by atoms with van der Waals surface area (Å²) >= 11 is 0. The molecule has 1 aromatic carbocycles. The summed E-state index contributed by atoms with van der Waals surface area (Å²) in [5.74, 6) is 1.44. The van der Waals surface area contributed by atoms with Crippen molar-refractivity contribution in [2.75, 3.05) is 32.6 Å². The van der Waals surface area contributed by atoms with Crippen molar-refractivity contribution < 1.29 is 9.53 Å². The lowest BCUT2D eigenvalue weighted by Crippen LogP contribution is -2.19. The number of carbonyl (C=O) groups excluding carboxylic acids is 1. The average Bonchev–Trinajstić information content (AvgIpc) is 2.38. The number of hydrogen-bond donors (Lipinski definition) is 1. The normalized spacial score (nSPS) is 10.9. The van der Waals surface area contributed by atoms with Crippen molar-refractivity contribution in [3.05, 3.63) is 24.3 Å². The van der Waals surface area contributed by atoms with E-state index >= 15 is 0 Å². The molecule has 0 bridgehead atoms. The summed E-state index contributed by atoms with van der Waals surface area (Å²) in [6, 6.07) is 7.51. The van der Waals surface area contributed by atoms with Crippen molar-refractivity contribution in [1.29, 1.82) is 0 Å². The number of carbonyl (C=O) groups is 1. The van der Waals surface area contributed by atoms with Crippen molar-refractivity contribution in [2.45, 2.75) is 26.7 Å². The van der Waals surface area contributed by atoms with Gasteiger partial charge in [-0.1, -0.05) is 13.8 Å². The molecule has 0 aromatic heterocycles. The molecule has 0 aliphatic rings. The second kappa shape index (κ2) is 8.59. The van der Waals surface area contributed by atoms with Crippen LogP contribution in [0.2, 0.25) is 0 Å². The Balaban J connectivity index is 2.36. The lowest BCUT2D eigenvalue weighted by atomic mass is 10.1. The first-order chi connectivity index (χ1) is 9.47. The van der Waals surface area contributed by atoms with Gasteiger partial charge in [-0.2, -0.15) is 0 Å². The molecule has 1 amide bonds. The fourth-order valence-electron chi connectivity index (χ4n) is 1.62. The fourth-order valence-corrected chi connectivity index (χ4v) is 1.62. The predicted octanol–water partition coefficient (Wildman–Crippen LogP) is 3.00. The maximum atomic E-state index is 11.7. The molecule has 0 aliphatic heterocycles. The Bertz CT molecular complexity index is 399. The van der Waals surface area contributed by atoms with E-state index in [1.54, 1.807) is 0 Å². The second-order valence-electron chi connectivity index (χ2n) is 5.66. The fraction of sp³-hybridized carbons (Fsp3) is 0.562. The highest BCUT2D eigenvalue weighted by atomic mass is 16.5. The molecule has 1 rings (SSSR count). The Morgan fingerprint density at radius 2 is 1.90 bits per heavy atom. The van der Waals surface area contributed by atoms with Crippen LogP contribution in [0, 0.1) is 5.92 Å². The molecule has 1 N–H and O–H groups in total. The summed E-state index contributed by atoms with van der Waals surface area (Å²) in [5, 5.41) is 2.90. The number of anilines is 1. The summed E-state index contributed by atoms with van der Waals surface area (Å²) in [7, 11) is 4.03. The van der Waals surface area contributed by atoms with Gasteiger partial charge < -0.3 is 15.0 Å². The number of nitrogens with one attached hydrogen (secondary N) is 1. The second-order valence-corrected chi connectivity index (χ2v) is 5.66. The largest absolute Gasteiger partial charge is 0.492 e. The van der Waals surface area contributed by atoms with E-state index in [-0.39, 0.29) is 5.91 Å². The van der Waals surface area contributed by atoms with Gasteiger partial charge in [-0.15, -0.1) is 0 Å². The number of hydrogen-bond acceptors (Lipinski definition) is 3. The molecule has 0 radical (unpaired) electrons. The number of rotatable bonds is 8. The third-order valence-corrected chi connectivity index (χ3v) is 2.89. The number of nitrogens with zero attached hydrogens (tertiary/aromatic N) is 1. The van der Waals surface area contributed by atoms with Crippen LogP contribution in [0.3, 0.4) is 0 Å². The average molecular weight is 278 g/mol. The quantitative estimate of drug-likeness (QED) is 0.795. The van der Waals surface area contributed by atoms with Crippen LogP contribution in [-0.4, -0.2) is 38.1 Å². The van der Waals surface area contributed by atoms with Crippen LogP contribution >= 0.6 is 0 Å². The zero-order valence-electron chi connectivity index (χ0n) is 13.0. The first-order valence-corrected chi connectivity index (χ1v) is 7.15. The molecule has 0 unspecified atom stereocenters. The van der Waals surface area contributed by atoms with Gasteiger partial charge in [0.25, 0.3) is 0 Å². The van der Waals surface area contributed by atoms with E-state index in [0.29, 0.717) is 18.9 Å². The first-order valence-electron chi connectivity index (χ1n) is 7.15. The molecule has 4 heteroatoms. The highest BCUT2D eigenvalue weighted by Gasteiger charge is 2.04. The minimum Gasteiger partial charge on any atom is -0.492 e.